The van der Waals surface area contributed by atoms with Crippen molar-refractivity contribution < 1.29 is 27.4 Å². The van der Waals surface area contributed by atoms with Crippen molar-refractivity contribution in [2.75, 3.05) is 0 Å². The predicted octanol–water partition coefficient (Wildman–Crippen LogP) is 4.76. The molecule has 2 aromatic heterocycles. The number of alkyl halides is 3. The molecule has 0 aliphatic carbocycles. The third-order valence-electron chi connectivity index (χ3n) is 4.37. The lowest BCUT2D eigenvalue weighted by Gasteiger charge is -2.21. The maximum absolute atomic E-state index is 13.3. The van der Waals surface area contributed by atoms with E-state index in [9.17, 15) is 18.0 Å². The average molecular weight is 401 g/mol. The van der Waals surface area contributed by atoms with Crippen molar-refractivity contribution in [2.24, 2.45) is 0 Å². The zero-order chi connectivity index (χ0) is 20.6. The first-order valence-electron chi connectivity index (χ1n) is 8.69. The summed E-state index contributed by atoms with van der Waals surface area (Å²) in [7, 11) is 0. The Morgan fingerprint density at radius 1 is 1.10 bits per heavy atom. The van der Waals surface area contributed by atoms with Gasteiger partial charge in [0.05, 0.1) is 6.42 Å². The van der Waals surface area contributed by atoms with Crippen LogP contribution in [0.2, 0.25) is 0 Å². The third kappa shape index (κ3) is 4.03. The lowest BCUT2D eigenvalue weighted by atomic mass is 9.95. The van der Waals surface area contributed by atoms with Gasteiger partial charge in [0.2, 0.25) is 5.88 Å². The van der Waals surface area contributed by atoms with Gasteiger partial charge in [-0.15, -0.1) is 0 Å². The molecule has 1 atom stereocenters. The Labute approximate surface area is 163 Å². The number of pyridine rings is 1. The number of rotatable bonds is 3. The maximum atomic E-state index is 13.3. The average Bonchev–Trinajstić information content (AvgIpc) is 2.67. The first kappa shape index (κ1) is 18.9. The largest absolute Gasteiger partial charge is 0.439 e. The van der Waals surface area contributed by atoms with Crippen LogP contribution >= 0.6 is 0 Å². The van der Waals surface area contributed by atoms with Gasteiger partial charge in [-0.1, -0.05) is 13.0 Å². The first-order chi connectivity index (χ1) is 13.8. The molecule has 148 valence electrons. The van der Waals surface area contributed by atoms with Crippen LogP contribution in [0.4, 0.5) is 13.2 Å². The second-order valence-corrected chi connectivity index (χ2v) is 6.53. The van der Waals surface area contributed by atoms with Crippen LogP contribution in [0, 0.1) is 0 Å². The number of aromatic nitrogens is 3. The standard InChI is InChI=1S/C20H14F3N3O3/c1-11-8-18(27)29-15-9-13(2-3-14(11)15)28-17-10-16(20(21,22)23)25-19(26-17)12-4-6-24-7-5-12/h2-7,9-11H,8H2,1H3. The third-order valence-corrected chi connectivity index (χ3v) is 4.37. The molecule has 1 aliphatic heterocycles. The molecule has 9 heteroatoms. The van der Waals surface area contributed by atoms with Gasteiger partial charge in [-0.2, -0.15) is 18.2 Å². The number of hydrogen-bond acceptors (Lipinski definition) is 6. The molecule has 29 heavy (non-hydrogen) atoms. The normalized spacial score (nSPS) is 16.1. The van der Waals surface area contributed by atoms with Crippen molar-refractivity contribution in [1.29, 1.82) is 0 Å². The van der Waals surface area contributed by atoms with E-state index in [0.29, 0.717) is 11.3 Å². The molecule has 1 unspecified atom stereocenters. The molecular formula is C20H14F3N3O3. The smallest absolute Gasteiger partial charge is 0.433 e. The van der Waals surface area contributed by atoms with Crippen LogP contribution in [0.15, 0.2) is 48.8 Å². The van der Waals surface area contributed by atoms with E-state index in [1.807, 2.05) is 6.92 Å². The molecule has 1 aliphatic rings. The summed E-state index contributed by atoms with van der Waals surface area (Å²) in [5.41, 5.74) is 0.0598. The number of benzene rings is 1. The van der Waals surface area contributed by atoms with Crippen molar-refractivity contribution >= 4 is 5.97 Å². The van der Waals surface area contributed by atoms with E-state index >= 15 is 0 Å². The SMILES string of the molecule is CC1CC(=O)Oc2cc(Oc3cc(C(F)(F)F)nc(-c4ccncc4)n3)ccc21. The van der Waals surface area contributed by atoms with E-state index in [2.05, 4.69) is 15.0 Å². The van der Waals surface area contributed by atoms with Crippen LogP contribution in [0.5, 0.6) is 17.4 Å². The molecule has 1 aromatic carbocycles. The molecular weight excluding hydrogens is 387 g/mol. The highest BCUT2D eigenvalue weighted by molar-refractivity contribution is 5.76. The molecule has 0 N–H and O–H groups in total. The van der Waals surface area contributed by atoms with E-state index in [1.54, 1.807) is 12.1 Å². The van der Waals surface area contributed by atoms with Crippen molar-refractivity contribution in [3.05, 3.63) is 60.0 Å². The van der Waals surface area contributed by atoms with Gasteiger partial charge in [-0.25, -0.2) is 4.98 Å². The summed E-state index contributed by atoms with van der Waals surface area (Å²) in [4.78, 5) is 23.2. The fourth-order valence-corrected chi connectivity index (χ4v) is 2.97. The Morgan fingerprint density at radius 3 is 2.59 bits per heavy atom. The second kappa shape index (κ2) is 7.16. The van der Waals surface area contributed by atoms with Crippen LogP contribution in [0.1, 0.15) is 30.5 Å². The van der Waals surface area contributed by atoms with E-state index in [-0.39, 0.29) is 35.8 Å². The van der Waals surface area contributed by atoms with Crippen LogP contribution in [-0.4, -0.2) is 20.9 Å². The minimum absolute atomic E-state index is 0.0190. The van der Waals surface area contributed by atoms with Gasteiger partial charge in [-0.3, -0.25) is 9.78 Å². The van der Waals surface area contributed by atoms with E-state index < -0.39 is 11.9 Å². The number of esters is 1. The van der Waals surface area contributed by atoms with Crippen LogP contribution in [-0.2, 0) is 11.0 Å². The summed E-state index contributed by atoms with van der Waals surface area (Å²) in [6, 6.07) is 8.49. The molecule has 3 heterocycles. The number of ether oxygens (including phenoxy) is 2. The molecule has 0 spiro atoms. The van der Waals surface area contributed by atoms with Gasteiger partial charge in [0.15, 0.2) is 11.5 Å². The number of fused-ring (bicyclic) bond motifs is 1. The number of hydrogen-bond donors (Lipinski definition) is 0. The Kier molecular flexibility index (Phi) is 4.65. The zero-order valence-corrected chi connectivity index (χ0v) is 15.1. The van der Waals surface area contributed by atoms with Gasteiger partial charge in [0, 0.05) is 30.1 Å². The van der Waals surface area contributed by atoms with Crippen LogP contribution in [0.25, 0.3) is 11.4 Å². The molecule has 3 aromatic rings. The monoisotopic (exact) mass is 401 g/mol. The molecule has 0 radical (unpaired) electrons. The number of carbonyl (C=O) groups excluding carboxylic acids is 1. The highest BCUT2D eigenvalue weighted by atomic mass is 19.4. The summed E-state index contributed by atoms with van der Waals surface area (Å²) in [6.07, 6.45) is -1.55. The molecule has 0 amide bonds. The van der Waals surface area contributed by atoms with Gasteiger partial charge >= 0.3 is 12.1 Å². The Bertz CT molecular complexity index is 1070. The summed E-state index contributed by atoms with van der Waals surface area (Å²) in [5, 5.41) is 0. The molecule has 0 fully saturated rings. The number of nitrogens with zero attached hydrogens (tertiary/aromatic N) is 3. The quantitative estimate of drug-likeness (QED) is 0.465. The van der Waals surface area contributed by atoms with Gasteiger partial charge in [-0.05, 0) is 29.7 Å². The molecule has 0 saturated carbocycles. The molecule has 4 rings (SSSR count). The van der Waals surface area contributed by atoms with Gasteiger partial charge < -0.3 is 9.47 Å². The first-order valence-corrected chi connectivity index (χ1v) is 8.69. The molecule has 6 nitrogen and oxygen atoms in total. The van der Waals surface area contributed by atoms with Gasteiger partial charge in [0.25, 0.3) is 0 Å². The van der Waals surface area contributed by atoms with Crippen molar-refractivity contribution in [2.45, 2.75) is 25.4 Å². The van der Waals surface area contributed by atoms with Crippen LogP contribution in [0.3, 0.4) is 0 Å². The van der Waals surface area contributed by atoms with E-state index in [0.717, 1.165) is 11.6 Å². The van der Waals surface area contributed by atoms with Crippen molar-refractivity contribution in [3.8, 4) is 28.8 Å². The minimum Gasteiger partial charge on any atom is -0.439 e. The van der Waals surface area contributed by atoms with Gasteiger partial charge in [0.1, 0.15) is 11.5 Å². The zero-order valence-electron chi connectivity index (χ0n) is 15.1. The summed E-state index contributed by atoms with van der Waals surface area (Å²) >= 11 is 0. The minimum atomic E-state index is -4.68. The predicted molar refractivity (Wildman–Crippen MR) is 95.4 cm³/mol. The maximum Gasteiger partial charge on any atom is 0.433 e. The Hall–Kier alpha value is -3.49. The molecule has 0 saturated heterocycles. The fourth-order valence-electron chi connectivity index (χ4n) is 2.97. The van der Waals surface area contributed by atoms with Crippen molar-refractivity contribution in [3.63, 3.8) is 0 Å². The summed E-state index contributed by atoms with van der Waals surface area (Å²) in [5.74, 6) is -0.300. The van der Waals surface area contributed by atoms with E-state index in [1.165, 1.54) is 30.6 Å². The lowest BCUT2D eigenvalue weighted by Crippen LogP contribution is -2.18. The molecule has 0 bridgehead atoms. The highest BCUT2D eigenvalue weighted by Gasteiger charge is 2.34. The summed E-state index contributed by atoms with van der Waals surface area (Å²) in [6.45, 7) is 1.89. The number of carbonyl (C=O) groups is 1. The van der Waals surface area contributed by atoms with E-state index in [4.69, 9.17) is 9.47 Å². The Balaban J connectivity index is 1.72. The van der Waals surface area contributed by atoms with Crippen molar-refractivity contribution in [1.82, 2.24) is 15.0 Å². The fraction of sp³-hybridized carbons (Fsp3) is 0.200. The lowest BCUT2D eigenvalue weighted by molar-refractivity contribution is -0.141. The number of halogens is 3. The summed E-state index contributed by atoms with van der Waals surface area (Å²) < 4.78 is 50.7. The van der Waals surface area contributed by atoms with Crippen LogP contribution < -0.4 is 9.47 Å². The second-order valence-electron chi connectivity index (χ2n) is 6.53. The topological polar surface area (TPSA) is 74.2 Å². The highest BCUT2D eigenvalue weighted by Crippen LogP contribution is 2.38. The Morgan fingerprint density at radius 2 is 1.86 bits per heavy atom.